The first-order valence-electron chi connectivity index (χ1n) is 8.42. The minimum absolute atomic E-state index is 0.0628. The van der Waals surface area contributed by atoms with Crippen LogP contribution in [0.25, 0.3) is 0 Å². The van der Waals surface area contributed by atoms with Gasteiger partial charge in [-0.3, -0.25) is 4.79 Å². The van der Waals surface area contributed by atoms with Gasteiger partial charge in [0.15, 0.2) is 0 Å². The molecule has 0 amide bonds. The highest BCUT2D eigenvalue weighted by Crippen LogP contribution is 2.22. The number of furan rings is 1. The molecule has 0 saturated carbocycles. The summed E-state index contributed by atoms with van der Waals surface area (Å²) in [5.74, 6) is 0.669. The Morgan fingerprint density at radius 2 is 1.84 bits per heavy atom. The number of rotatable bonds is 8. The lowest BCUT2D eigenvalue weighted by molar-refractivity contribution is -0.154. The Hall–Kier alpha value is -2.11. The van der Waals surface area contributed by atoms with Crippen molar-refractivity contribution in [3.8, 4) is 0 Å². The minimum Gasteiger partial charge on any atom is -0.460 e. The smallest absolute Gasteiger partial charge is 0.311 e. The Kier molecular flexibility index (Phi) is 6.79. The lowest BCUT2D eigenvalue weighted by Gasteiger charge is -2.15. The van der Waals surface area contributed by atoms with E-state index in [1.165, 1.54) is 0 Å². The van der Waals surface area contributed by atoms with Gasteiger partial charge in [0.05, 0.1) is 12.0 Å². The van der Waals surface area contributed by atoms with E-state index >= 15 is 0 Å². The van der Waals surface area contributed by atoms with E-state index in [0.29, 0.717) is 31.2 Å². The zero-order valence-corrected chi connectivity index (χ0v) is 15.0. The molecule has 1 heterocycles. The van der Waals surface area contributed by atoms with Crippen molar-refractivity contribution in [1.29, 1.82) is 0 Å². The maximum absolute atomic E-state index is 11.7. The van der Waals surface area contributed by atoms with Crippen molar-refractivity contribution in [3.63, 3.8) is 0 Å². The molecule has 0 bridgehead atoms. The summed E-state index contributed by atoms with van der Waals surface area (Å²) in [4.78, 5) is 11.7. The number of hydrogen-bond donors (Lipinski definition) is 1. The molecule has 1 atom stereocenters. The van der Waals surface area contributed by atoms with Crippen LogP contribution in [-0.2, 0) is 27.5 Å². The Bertz CT molecular complexity index is 654. The Labute approximate surface area is 148 Å². The van der Waals surface area contributed by atoms with E-state index in [9.17, 15) is 9.90 Å². The quantitative estimate of drug-likeness (QED) is 0.578. The number of benzene rings is 1. The van der Waals surface area contributed by atoms with Crippen LogP contribution in [0.5, 0.6) is 0 Å². The number of ether oxygens (including phenoxy) is 2. The van der Waals surface area contributed by atoms with Crippen LogP contribution < -0.4 is 0 Å². The van der Waals surface area contributed by atoms with E-state index in [1.54, 1.807) is 32.9 Å². The third kappa shape index (κ3) is 6.36. The fraction of sp³-hybridized carbons (Fsp3) is 0.450. The molecule has 2 rings (SSSR count). The monoisotopic (exact) mass is 346 g/mol. The highest BCUT2D eigenvalue weighted by molar-refractivity contribution is 5.75. The molecular formula is C20H26O5. The van der Waals surface area contributed by atoms with Crippen LogP contribution in [0, 0.1) is 5.41 Å². The molecular weight excluding hydrogens is 320 g/mol. The van der Waals surface area contributed by atoms with Gasteiger partial charge in [0, 0.05) is 13.0 Å². The molecule has 0 spiro atoms. The maximum atomic E-state index is 11.7. The average molecular weight is 346 g/mol. The molecule has 5 nitrogen and oxygen atoms in total. The van der Waals surface area contributed by atoms with Gasteiger partial charge >= 0.3 is 5.97 Å². The maximum Gasteiger partial charge on any atom is 0.311 e. The Morgan fingerprint density at radius 3 is 2.52 bits per heavy atom. The molecule has 0 aliphatic heterocycles. The molecule has 5 heteroatoms. The first kappa shape index (κ1) is 19.2. The van der Waals surface area contributed by atoms with Crippen molar-refractivity contribution in [2.24, 2.45) is 5.41 Å². The summed E-state index contributed by atoms with van der Waals surface area (Å²) in [7, 11) is 0. The second-order valence-corrected chi connectivity index (χ2v) is 6.97. The van der Waals surface area contributed by atoms with Crippen LogP contribution in [0.4, 0.5) is 0 Å². The van der Waals surface area contributed by atoms with Crippen LogP contribution in [0.1, 0.15) is 50.4 Å². The Morgan fingerprint density at radius 1 is 1.12 bits per heavy atom. The summed E-state index contributed by atoms with van der Waals surface area (Å²) >= 11 is 0. The molecule has 0 radical (unpaired) electrons. The van der Waals surface area contributed by atoms with Crippen molar-refractivity contribution in [1.82, 2.24) is 0 Å². The van der Waals surface area contributed by atoms with Crippen molar-refractivity contribution >= 4 is 5.97 Å². The second kappa shape index (κ2) is 8.83. The zero-order valence-electron chi connectivity index (χ0n) is 15.0. The fourth-order valence-corrected chi connectivity index (χ4v) is 2.11. The van der Waals surface area contributed by atoms with Crippen LogP contribution in [-0.4, -0.2) is 17.7 Å². The summed E-state index contributed by atoms with van der Waals surface area (Å²) in [6.45, 7) is 6.38. The van der Waals surface area contributed by atoms with E-state index in [1.807, 2.05) is 30.3 Å². The van der Waals surface area contributed by atoms with Gasteiger partial charge in [-0.15, -0.1) is 0 Å². The first-order chi connectivity index (χ1) is 11.9. The topological polar surface area (TPSA) is 68.9 Å². The summed E-state index contributed by atoms with van der Waals surface area (Å²) in [5.41, 5.74) is 0.545. The van der Waals surface area contributed by atoms with E-state index < -0.39 is 11.5 Å². The number of carbonyl (C=O) groups is 1. The predicted octanol–water partition coefficient (Wildman–Crippen LogP) is 4.01. The number of esters is 1. The molecule has 0 aliphatic rings. The van der Waals surface area contributed by atoms with Gasteiger partial charge in [-0.05, 0) is 38.5 Å². The van der Waals surface area contributed by atoms with E-state index in [0.717, 1.165) is 5.56 Å². The number of carbonyl (C=O) groups excluding carboxylic acids is 1. The highest BCUT2D eigenvalue weighted by atomic mass is 16.5. The predicted molar refractivity (Wildman–Crippen MR) is 93.6 cm³/mol. The largest absolute Gasteiger partial charge is 0.460 e. The molecule has 1 aromatic carbocycles. The van der Waals surface area contributed by atoms with Gasteiger partial charge < -0.3 is 19.0 Å². The summed E-state index contributed by atoms with van der Waals surface area (Å²) in [5, 5.41) is 10.2. The van der Waals surface area contributed by atoms with Gasteiger partial charge in [-0.2, -0.15) is 0 Å². The number of aliphatic hydroxyl groups is 1. The standard InChI is InChI=1S/C20H26O5/c1-20(2,3)19(22)24-14-16-9-10-18(25-16)17(21)11-12-23-13-15-7-5-4-6-8-15/h4-10,17,21H,11-14H2,1-3H3/t17-/m0/s1. The van der Waals surface area contributed by atoms with Crippen LogP contribution in [0.3, 0.4) is 0 Å². The Balaban J connectivity index is 1.72. The van der Waals surface area contributed by atoms with Crippen molar-refractivity contribution in [3.05, 3.63) is 59.5 Å². The summed E-state index contributed by atoms with van der Waals surface area (Å²) < 4.78 is 16.3. The van der Waals surface area contributed by atoms with Gasteiger partial charge in [-0.1, -0.05) is 30.3 Å². The van der Waals surface area contributed by atoms with Crippen molar-refractivity contribution in [2.75, 3.05) is 6.61 Å². The number of hydrogen-bond acceptors (Lipinski definition) is 5. The molecule has 0 aliphatic carbocycles. The van der Waals surface area contributed by atoms with E-state index in [2.05, 4.69) is 0 Å². The molecule has 2 aromatic rings. The molecule has 0 fully saturated rings. The normalized spacial score (nSPS) is 12.8. The highest BCUT2D eigenvalue weighted by Gasteiger charge is 2.23. The molecule has 25 heavy (non-hydrogen) atoms. The fourth-order valence-electron chi connectivity index (χ4n) is 2.11. The lowest BCUT2D eigenvalue weighted by Crippen LogP contribution is -2.22. The van der Waals surface area contributed by atoms with E-state index in [4.69, 9.17) is 13.9 Å². The average Bonchev–Trinajstić information content (AvgIpc) is 3.05. The third-order valence-electron chi connectivity index (χ3n) is 3.62. The number of aliphatic hydroxyl groups excluding tert-OH is 1. The van der Waals surface area contributed by atoms with Gasteiger partial charge in [0.25, 0.3) is 0 Å². The van der Waals surface area contributed by atoms with Crippen molar-refractivity contribution < 1.29 is 23.8 Å². The minimum atomic E-state index is -0.747. The molecule has 0 unspecified atom stereocenters. The van der Waals surface area contributed by atoms with Crippen LogP contribution >= 0.6 is 0 Å². The third-order valence-corrected chi connectivity index (χ3v) is 3.62. The molecule has 1 aromatic heterocycles. The lowest BCUT2D eigenvalue weighted by atomic mass is 9.97. The molecule has 0 saturated heterocycles. The van der Waals surface area contributed by atoms with Gasteiger partial charge in [0.1, 0.15) is 24.2 Å². The van der Waals surface area contributed by atoms with Gasteiger partial charge in [-0.25, -0.2) is 0 Å². The molecule has 136 valence electrons. The van der Waals surface area contributed by atoms with Crippen LogP contribution in [0.2, 0.25) is 0 Å². The van der Waals surface area contributed by atoms with Gasteiger partial charge in [0.2, 0.25) is 0 Å². The zero-order chi connectivity index (χ0) is 18.3. The van der Waals surface area contributed by atoms with Crippen molar-refractivity contribution in [2.45, 2.75) is 46.5 Å². The SMILES string of the molecule is CC(C)(C)C(=O)OCc1ccc([C@@H](O)CCOCc2ccccc2)o1. The van der Waals surface area contributed by atoms with Crippen LogP contribution in [0.15, 0.2) is 46.9 Å². The first-order valence-corrected chi connectivity index (χ1v) is 8.42. The van der Waals surface area contributed by atoms with E-state index in [-0.39, 0.29) is 12.6 Å². The second-order valence-electron chi connectivity index (χ2n) is 6.97. The molecule has 1 N–H and O–H groups in total. The summed E-state index contributed by atoms with van der Waals surface area (Å²) in [6, 6.07) is 13.3. The summed E-state index contributed by atoms with van der Waals surface area (Å²) in [6.07, 6.45) is -0.315.